The van der Waals surface area contributed by atoms with E-state index in [4.69, 9.17) is 0 Å². The molecular formula is C11H19N7. The Bertz CT molecular complexity index is 466. The minimum Gasteiger partial charge on any atom is -0.309 e. The van der Waals surface area contributed by atoms with Crippen molar-refractivity contribution in [1.29, 1.82) is 0 Å². The Kier molecular flexibility index (Phi) is 3.71. The summed E-state index contributed by atoms with van der Waals surface area (Å²) < 4.78 is 3.67. The highest BCUT2D eigenvalue weighted by Gasteiger charge is 2.14. The Hall–Kier alpha value is -1.76. The molecule has 0 aliphatic carbocycles. The zero-order valence-electron chi connectivity index (χ0n) is 11.0. The topological polar surface area (TPSA) is 73.5 Å². The Labute approximate surface area is 106 Å². The van der Waals surface area contributed by atoms with Crippen LogP contribution >= 0.6 is 0 Å². The summed E-state index contributed by atoms with van der Waals surface area (Å²) in [6.07, 6.45) is 5.49. The lowest BCUT2D eigenvalue weighted by Crippen LogP contribution is -2.22. The molecule has 7 nitrogen and oxygen atoms in total. The highest BCUT2D eigenvalue weighted by molar-refractivity contribution is 4.93. The fourth-order valence-corrected chi connectivity index (χ4v) is 1.47. The van der Waals surface area contributed by atoms with Crippen molar-refractivity contribution in [2.75, 3.05) is 6.54 Å². The fraction of sp³-hybridized carbons (Fsp3) is 0.636. The summed E-state index contributed by atoms with van der Waals surface area (Å²) in [5.74, 6) is 0. The molecule has 18 heavy (non-hydrogen) atoms. The zero-order chi connectivity index (χ0) is 13.0. The molecule has 0 aliphatic rings. The van der Waals surface area contributed by atoms with Crippen molar-refractivity contribution < 1.29 is 0 Å². The van der Waals surface area contributed by atoms with Crippen LogP contribution in [0.15, 0.2) is 18.6 Å². The Morgan fingerprint density at radius 1 is 1.28 bits per heavy atom. The minimum absolute atomic E-state index is 0.0218. The summed E-state index contributed by atoms with van der Waals surface area (Å²) in [6, 6.07) is 0. The van der Waals surface area contributed by atoms with Crippen LogP contribution < -0.4 is 5.32 Å². The summed E-state index contributed by atoms with van der Waals surface area (Å²) in [7, 11) is 0. The molecule has 2 heterocycles. The molecule has 0 atom stereocenters. The molecule has 0 saturated heterocycles. The lowest BCUT2D eigenvalue weighted by molar-refractivity contribution is 0.347. The molecule has 2 aromatic heterocycles. The number of rotatable bonds is 5. The van der Waals surface area contributed by atoms with Crippen molar-refractivity contribution in [2.45, 2.75) is 39.4 Å². The van der Waals surface area contributed by atoms with Crippen LogP contribution in [-0.2, 0) is 18.6 Å². The van der Waals surface area contributed by atoms with Gasteiger partial charge in [-0.3, -0.25) is 4.68 Å². The molecule has 0 amide bonds. The molecule has 0 unspecified atom stereocenters. The van der Waals surface area contributed by atoms with Crippen LogP contribution in [0.25, 0.3) is 0 Å². The molecule has 7 heteroatoms. The lowest BCUT2D eigenvalue weighted by Gasteiger charge is -2.17. The van der Waals surface area contributed by atoms with Crippen LogP contribution in [-0.4, -0.2) is 36.5 Å². The number of nitrogens with zero attached hydrogens (tertiary/aromatic N) is 6. The third kappa shape index (κ3) is 3.36. The van der Waals surface area contributed by atoms with Gasteiger partial charge in [0.15, 0.2) is 0 Å². The maximum atomic E-state index is 4.13. The van der Waals surface area contributed by atoms with E-state index < -0.39 is 0 Å². The second-order valence-corrected chi connectivity index (χ2v) is 5.17. The summed E-state index contributed by atoms with van der Waals surface area (Å²) in [5.41, 5.74) is 0.926. The molecule has 0 radical (unpaired) electrons. The van der Waals surface area contributed by atoms with Crippen molar-refractivity contribution in [3.05, 3.63) is 24.3 Å². The zero-order valence-corrected chi connectivity index (χ0v) is 11.0. The second kappa shape index (κ2) is 5.26. The normalized spacial score (nSPS) is 11.9. The van der Waals surface area contributed by atoms with Crippen LogP contribution in [0.3, 0.4) is 0 Å². The first kappa shape index (κ1) is 12.7. The van der Waals surface area contributed by atoms with E-state index >= 15 is 0 Å². The standard InChI is InChI=1S/C11H19N7/c1-11(2,3)18-9-10(14-16-18)8-12-4-6-17-7-5-13-15-17/h5,7,9,12H,4,6,8H2,1-3H3. The molecule has 0 saturated carbocycles. The van der Waals surface area contributed by atoms with Gasteiger partial charge in [-0.1, -0.05) is 10.4 Å². The van der Waals surface area contributed by atoms with Gasteiger partial charge in [-0.2, -0.15) is 0 Å². The maximum Gasteiger partial charge on any atom is 0.0965 e. The van der Waals surface area contributed by atoms with Crippen LogP contribution in [0.2, 0.25) is 0 Å². The van der Waals surface area contributed by atoms with E-state index in [1.165, 1.54) is 0 Å². The van der Waals surface area contributed by atoms with Gasteiger partial charge in [0.1, 0.15) is 0 Å². The summed E-state index contributed by atoms with van der Waals surface area (Å²) in [4.78, 5) is 0. The van der Waals surface area contributed by atoms with E-state index in [9.17, 15) is 0 Å². The van der Waals surface area contributed by atoms with Gasteiger partial charge in [-0.25, -0.2) is 4.68 Å². The van der Waals surface area contributed by atoms with Gasteiger partial charge in [-0.05, 0) is 20.8 Å². The largest absolute Gasteiger partial charge is 0.309 e. The molecule has 0 bridgehead atoms. The maximum absolute atomic E-state index is 4.13. The highest BCUT2D eigenvalue weighted by Crippen LogP contribution is 2.11. The van der Waals surface area contributed by atoms with Gasteiger partial charge in [-0.15, -0.1) is 10.2 Å². The van der Waals surface area contributed by atoms with Gasteiger partial charge in [0.2, 0.25) is 0 Å². The highest BCUT2D eigenvalue weighted by atomic mass is 15.4. The quantitative estimate of drug-likeness (QED) is 0.777. The third-order valence-electron chi connectivity index (χ3n) is 2.52. The molecule has 0 spiro atoms. The Morgan fingerprint density at radius 2 is 2.11 bits per heavy atom. The lowest BCUT2D eigenvalue weighted by atomic mass is 10.1. The number of nitrogens with one attached hydrogen (secondary N) is 1. The number of hydrogen-bond donors (Lipinski definition) is 1. The van der Waals surface area contributed by atoms with E-state index in [1.807, 2.05) is 17.1 Å². The first-order valence-corrected chi connectivity index (χ1v) is 6.02. The van der Waals surface area contributed by atoms with Crippen molar-refractivity contribution in [3.8, 4) is 0 Å². The van der Waals surface area contributed by atoms with Crippen molar-refractivity contribution in [2.24, 2.45) is 0 Å². The van der Waals surface area contributed by atoms with Gasteiger partial charge >= 0.3 is 0 Å². The fourth-order valence-electron chi connectivity index (χ4n) is 1.47. The first-order chi connectivity index (χ1) is 8.55. The monoisotopic (exact) mass is 249 g/mol. The molecule has 2 aromatic rings. The Balaban J connectivity index is 1.75. The summed E-state index contributed by atoms with van der Waals surface area (Å²) >= 11 is 0. The van der Waals surface area contributed by atoms with Gasteiger partial charge in [0, 0.05) is 19.3 Å². The molecule has 98 valence electrons. The van der Waals surface area contributed by atoms with Crippen LogP contribution in [0.1, 0.15) is 26.5 Å². The second-order valence-electron chi connectivity index (χ2n) is 5.17. The van der Waals surface area contributed by atoms with Crippen LogP contribution in [0.5, 0.6) is 0 Å². The average molecular weight is 249 g/mol. The van der Waals surface area contributed by atoms with E-state index in [2.05, 4.69) is 46.7 Å². The van der Waals surface area contributed by atoms with Crippen LogP contribution in [0.4, 0.5) is 0 Å². The third-order valence-corrected chi connectivity index (χ3v) is 2.52. The summed E-state index contributed by atoms with van der Waals surface area (Å²) in [5, 5.41) is 19.2. The van der Waals surface area contributed by atoms with Gasteiger partial charge in [0.05, 0.1) is 30.2 Å². The number of hydrogen-bond acceptors (Lipinski definition) is 5. The van der Waals surface area contributed by atoms with Crippen molar-refractivity contribution >= 4 is 0 Å². The Morgan fingerprint density at radius 3 is 2.72 bits per heavy atom. The molecular weight excluding hydrogens is 230 g/mol. The number of aromatic nitrogens is 6. The van der Waals surface area contributed by atoms with Crippen LogP contribution in [0, 0.1) is 0 Å². The van der Waals surface area contributed by atoms with E-state index in [1.54, 1.807) is 10.9 Å². The average Bonchev–Trinajstić information content (AvgIpc) is 2.95. The van der Waals surface area contributed by atoms with Crippen molar-refractivity contribution in [3.63, 3.8) is 0 Å². The molecule has 2 rings (SSSR count). The first-order valence-electron chi connectivity index (χ1n) is 6.02. The summed E-state index contributed by atoms with van der Waals surface area (Å²) in [6.45, 7) is 8.64. The SMILES string of the molecule is CC(C)(C)n1cc(CNCCn2ccnn2)nn1. The predicted molar refractivity (Wildman–Crippen MR) is 66.7 cm³/mol. The van der Waals surface area contributed by atoms with Gasteiger partial charge in [0.25, 0.3) is 0 Å². The molecule has 0 fully saturated rings. The molecule has 0 aromatic carbocycles. The van der Waals surface area contributed by atoms with E-state index in [0.29, 0.717) is 6.54 Å². The molecule has 0 aliphatic heterocycles. The van der Waals surface area contributed by atoms with Crippen molar-refractivity contribution in [1.82, 2.24) is 35.3 Å². The van der Waals surface area contributed by atoms with Gasteiger partial charge < -0.3 is 5.32 Å². The van der Waals surface area contributed by atoms with E-state index in [0.717, 1.165) is 18.8 Å². The minimum atomic E-state index is -0.0218. The van der Waals surface area contributed by atoms with E-state index in [-0.39, 0.29) is 5.54 Å². The molecule has 1 N–H and O–H groups in total. The predicted octanol–water partition coefficient (Wildman–Crippen LogP) is 0.414. The smallest absolute Gasteiger partial charge is 0.0965 e.